The van der Waals surface area contributed by atoms with Crippen molar-refractivity contribution >= 4 is 5.97 Å². The molecule has 110 valence electrons. The van der Waals surface area contributed by atoms with Gasteiger partial charge in [-0.15, -0.1) is 0 Å². The summed E-state index contributed by atoms with van der Waals surface area (Å²) in [6.07, 6.45) is 3.68. The zero-order chi connectivity index (χ0) is 14.4. The van der Waals surface area contributed by atoms with Crippen molar-refractivity contribution in [2.24, 2.45) is 11.7 Å². The van der Waals surface area contributed by atoms with E-state index in [9.17, 15) is 4.79 Å². The number of piperidine rings is 1. The van der Waals surface area contributed by atoms with E-state index in [1.165, 1.54) is 25.5 Å². The number of hydrogen-bond donors (Lipinski definition) is 1. The number of nitrogens with two attached hydrogens (primary N) is 1. The van der Waals surface area contributed by atoms with E-state index in [0.29, 0.717) is 5.56 Å². The van der Waals surface area contributed by atoms with Gasteiger partial charge in [0.15, 0.2) is 0 Å². The Labute approximate surface area is 120 Å². The molecule has 2 rings (SSSR count). The number of methoxy groups -OCH3 is 1. The lowest BCUT2D eigenvalue weighted by Gasteiger charge is -2.32. The third-order valence-corrected chi connectivity index (χ3v) is 3.96. The van der Waals surface area contributed by atoms with Crippen LogP contribution in [-0.4, -0.2) is 37.6 Å². The quantitative estimate of drug-likeness (QED) is 0.836. The van der Waals surface area contributed by atoms with Crippen LogP contribution in [0.25, 0.3) is 0 Å². The van der Waals surface area contributed by atoms with Crippen LogP contribution in [-0.2, 0) is 11.3 Å². The summed E-state index contributed by atoms with van der Waals surface area (Å²) in [6.45, 7) is 4.02. The molecule has 1 saturated heterocycles. The molecule has 0 amide bonds. The van der Waals surface area contributed by atoms with Gasteiger partial charge in [-0.05, 0) is 56.0 Å². The largest absolute Gasteiger partial charge is 0.465 e. The van der Waals surface area contributed by atoms with E-state index in [1.54, 1.807) is 0 Å². The van der Waals surface area contributed by atoms with Gasteiger partial charge in [-0.1, -0.05) is 12.1 Å². The Kier molecular flexibility index (Phi) is 5.56. The van der Waals surface area contributed by atoms with E-state index in [2.05, 4.69) is 4.90 Å². The van der Waals surface area contributed by atoms with E-state index >= 15 is 0 Å². The smallest absolute Gasteiger partial charge is 0.337 e. The first-order valence-corrected chi connectivity index (χ1v) is 7.32. The summed E-state index contributed by atoms with van der Waals surface area (Å²) < 4.78 is 4.71. The lowest BCUT2D eigenvalue weighted by Crippen LogP contribution is -2.35. The first-order chi connectivity index (χ1) is 9.72. The van der Waals surface area contributed by atoms with Crippen molar-refractivity contribution in [1.29, 1.82) is 0 Å². The highest BCUT2D eigenvalue weighted by atomic mass is 16.5. The summed E-state index contributed by atoms with van der Waals surface area (Å²) in [4.78, 5) is 13.9. The molecule has 1 aliphatic rings. The van der Waals surface area contributed by atoms with Crippen molar-refractivity contribution in [3.8, 4) is 0 Å². The monoisotopic (exact) mass is 276 g/mol. The van der Waals surface area contributed by atoms with Crippen LogP contribution in [0.15, 0.2) is 24.3 Å². The molecular formula is C16H24N2O2. The molecule has 1 aromatic rings. The van der Waals surface area contributed by atoms with E-state index in [1.807, 2.05) is 24.3 Å². The van der Waals surface area contributed by atoms with Crippen molar-refractivity contribution in [1.82, 2.24) is 4.90 Å². The minimum atomic E-state index is -0.280. The molecule has 1 aliphatic heterocycles. The van der Waals surface area contributed by atoms with Gasteiger partial charge in [0.1, 0.15) is 0 Å². The number of carbonyl (C=O) groups is 1. The number of rotatable bonds is 5. The van der Waals surface area contributed by atoms with Gasteiger partial charge in [-0.2, -0.15) is 0 Å². The van der Waals surface area contributed by atoms with E-state index in [-0.39, 0.29) is 5.97 Å². The number of carbonyl (C=O) groups excluding carboxylic acids is 1. The molecule has 0 saturated carbocycles. The lowest BCUT2D eigenvalue weighted by atomic mass is 9.94. The van der Waals surface area contributed by atoms with E-state index in [0.717, 1.165) is 38.5 Å². The van der Waals surface area contributed by atoms with Gasteiger partial charge in [0, 0.05) is 13.1 Å². The summed E-state index contributed by atoms with van der Waals surface area (Å²) in [6, 6.07) is 7.70. The Morgan fingerprint density at radius 3 is 2.80 bits per heavy atom. The molecule has 1 atom stereocenters. The third-order valence-electron chi connectivity index (χ3n) is 3.96. The second-order valence-corrected chi connectivity index (χ2v) is 5.51. The zero-order valence-corrected chi connectivity index (χ0v) is 12.2. The maximum atomic E-state index is 11.4. The number of nitrogens with zero attached hydrogens (tertiary/aromatic N) is 1. The summed E-state index contributed by atoms with van der Waals surface area (Å²) >= 11 is 0. The molecule has 0 aromatic heterocycles. The minimum absolute atomic E-state index is 0.280. The molecule has 0 aliphatic carbocycles. The Balaban J connectivity index is 1.91. The fourth-order valence-electron chi connectivity index (χ4n) is 2.89. The molecule has 1 unspecified atom stereocenters. The molecule has 0 radical (unpaired) electrons. The van der Waals surface area contributed by atoms with Crippen LogP contribution in [0, 0.1) is 5.92 Å². The van der Waals surface area contributed by atoms with Gasteiger partial charge in [0.05, 0.1) is 12.7 Å². The van der Waals surface area contributed by atoms with E-state index < -0.39 is 0 Å². The fourth-order valence-corrected chi connectivity index (χ4v) is 2.89. The maximum Gasteiger partial charge on any atom is 0.337 e. The zero-order valence-electron chi connectivity index (χ0n) is 12.2. The summed E-state index contributed by atoms with van der Waals surface area (Å²) in [5.74, 6) is 0.459. The van der Waals surface area contributed by atoms with Crippen molar-refractivity contribution in [2.75, 3.05) is 26.7 Å². The highest BCUT2D eigenvalue weighted by Crippen LogP contribution is 2.20. The number of ether oxygens (including phenoxy) is 1. The minimum Gasteiger partial charge on any atom is -0.465 e. The van der Waals surface area contributed by atoms with Crippen LogP contribution in [0.3, 0.4) is 0 Å². The average molecular weight is 276 g/mol. The number of likely N-dealkylation sites (tertiary alicyclic amines) is 1. The molecule has 0 bridgehead atoms. The Morgan fingerprint density at radius 1 is 1.40 bits per heavy atom. The molecular weight excluding hydrogens is 252 g/mol. The second-order valence-electron chi connectivity index (χ2n) is 5.51. The number of hydrogen-bond acceptors (Lipinski definition) is 4. The van der Waals surface area contributed by atoms with Crippen molar-refractivity contribution in [3.63, 3.8) is 0 Å². The highest BCUT2D eigenvalue weighted by Gasteiger charge is 2.19. The van der Waals surface area contributed by atoms with Gasteiger partial charge in [0.25, 0.3) is 0 Å². The highest BCUT2D eigenvalue weighted by molar-refractivity contribution is 5.89. The standard InChI is InChI=1S/C16H24N2O2/c1-20-16(19)15-6-4-14(5-7-15)12-18-10-2-3-13(11-18)8-9-17/h4-7,13H,2-3,8-12,17H2,1H3. The van der Waals surface area contributed by atoms with Crippen LogP contribution >= 0.6 is 0 Å². The van der Waals surface area contributed by atoms with Crippen molar-refractivity contribution in [3.05, 3.63) is 35.4 Å². The molecule has 2 N–H and O–H groups in total. The van der Waals surface area contributed by atoms with Crippen LogP contribution < -0.4 is 5.73 Å². The van der Waals surface area contributed by atoms with Crippen LogP contribution in [0.1, 0.15) is 35.2 Å². The first-order valence-electron chi connectivity index (χ1n) is 7.32. The summed E-state index contributed by atoms with van der Waals surface area (Å²) in [5.41, 5.74) is 7.50. The molecule has 0 spiro atoms. The topological polar surface area (TPSA) is 55.6 Å². The van der Waals surface area contributed by atoms with Crippen LogP contribution in [0.4, 0.5) is 0 Å². The summed E-state index contributed by atoms with van der Waals surface area (Å²) in [7, 11) is 1.40. The van der Waals surface area contributed by atoms with Gasteiger partial charge < -0.3 is 10.5 Å². The van der Waals surface area contributed by atoms with Crippen molar-refractivity contribution in [2.45, 2.75) is 25.8 Å². The molecule has 20 heavy (non-hydrogen) atoms. The molecule has 1 fully saturated rings. The number of esters is 1. The third kappa shape index (κ3) is 4.05. The molecule has 4 heteroatoms. The van der Waals surface area contributed by atoms with Gasteiger partial charge in [-0.25, -0.2) is 4.79 Å². The number of benzene rings is 1. The van der Waals surface area contributed by atoms with Crippen molar-refractivity contribution < 1.29 is 9.53 Å². The van der Waals surface area contributed by atoms with Gasteiger partial charge in [-0.3, -0.25) is 4.90 Å². The predicted octanol–water partition coefficient (Wildman–Crippen LogP) is 2.03. The Bertz CT molecular complexity index is 429. The molecule has 1 aromatic carbocycles. The normalized spacial score (nSPS) is 19.8. The summed E-state index contributed by atoms with van der Waals surface area (Å²) in [5, 5.41) is 0. The Morgan fingerprint density at radius 2 is 2.15 bits per heavy atom. The maximum absolute atomic E-state index is 11.4. The fraction of sp³-hybridized carbons (Fsp3) is 0.562. The van der Waals surface area contributed by atoms with Gasteiger partial charge in [0.2, 0.25) is 0 Å². The van der Waals surface area contributed by atoms with Gasteiger partial charge >= 0.3 is 5.97 Å². The first kappa shape index (κ1) is 15.0. The van der Waals surface area contributed by atoms with Crippen LogP contribution in [0.2, 0.25) is 0 Å². The Hall–Kier alpha value is -1.39. The predicted molar refractivity (Wildman–Crippen MR) is 79.5 cm³/mol. The molecule has 1 heterocycles. The molecule has 4 nitrogen and oxygen atoms in total. The second kappa shape index (κ2) is 7.41. The van der Waals surface area contributed by atoms with E-state index in [4.69, 9.17) is 10.5 Å². The average Bonchev–Trinajstić information content (AvgIpc) is 2.48. The van der Waals surface area contributed by atoms with Crippen LogP contribution in [0.5, 0.6) is 0 Å². The lowest BCUT2D eigenvalue weighted by molar-refractivity contribution is 0.0600. The SMILES string of the molecule is COC(=O)c1ccc(CN2CCCC(CCN)C2)cc1.